The number of benzene rings is 1. The zero-order valence-corrected chi connectivity index (χ0v) is 13.0. The van der Waals surface area contributed by atoms with Crippen LogP contribution in [-0.4, -0.2) is 9.75 Å². The minimum atomic E-state index is -0.364. The molecule has 3 nitrogen and oxygen atoms in total. The smallest absolute Gasteiger partial charge is 0.258 e. The Balaban J connectivity index is 3.12. The molecule has 18 heavy (non-hydrogen) atoms. The third-order valence-corrected chi connectivity index (χ3v) is 4.21. The van der Waals surface area contributed by atoms with Crippen LogP contribution in [0.15, 0.2) is 18.2 Å². The maximum atomic E-state index is 11.0. The summed E-state index contributed by atoms with van der Waals surface area (Å²) in [4.78, 5) is 11.0. The van der Waals surface area contributed by atoms with Crippen molar-refractivity contribution in [2.24, 2.45) is 11.8 Å². The van der Waals surface area contributed by atoms with E-state index in [0.717, 1.165) is 0 Å². The first-order valence-corrected chi connectivity index (χ1v) is 7.19. The van der Waals surface area contributed by atoms with Crippen molar-refractivity contribution in [3.63, 3.8) is 0 Å². The van der Waals surface area contributed by atoms with E-state index in [1.165, 1.54) is 6.07 Å². The minimum absolute atomic E-state index is 0.112. The van der Waals surface area contributed by atoms with E-state index < -0.39 is 0 Å². The lowest BCUT2D eigenvalue weighted by atomic mass is 9.86. The normalized spacial score (nSPS) is 14.6. The standard InChI is InChI=1S/C13H17BrClNO2/c1-8(2)10(9(3)14)7-11-12(15)5-4-6-13(11)16(17)18/h4-6,8-10H,7H2,1-3H3. The van der Waals surface area contributed by atoms with Crippen molar-refractivity contribution in [3.8, 4) is 0 Å². The van der Waals surface area contributed by atoms with E-state index in [-0.39, 0.29) is 15.4 Å². The van der Waals surface area contributed by atoms with Gasteiger partial charge >= 0.3 is 0 Å². The lowest BCUT2D eigenvalue weighted by Crippen LogP contribution is -2.21. The highest BCUT2D eigenvalue weighted by Gasteiger charge is 2.25. The second-order valence-electron chi connectivity index (χ2n) is 4.78. The van der Waals surface area contributed by atoms with Crippen LogP contribution < -0.4 is 0 Å². The molecule has 0 fully saturated rings. The molecule has 0 aliphatic carbocycles. The Kier molecular flexibility index (Phi) is 5.60. The van der Waals surface area contributed by atoms with Crippen molar-refractivity contribution in [1.29, 1.82) is 0 Å². The van der Waals surface area contributed by atoms with Gasteiger partial charge in [0.25, 0.3) is 5.69 Å². The van der Waals surface area contributed by atoms with Crippen molar-refractivity contribution >= 4 is 33.2 Å². The number of nitro benzene ring substituents is 1. The zero-order chi connectivity index (χ0) is 13.9. The van der Waals surface area contributed by atoms with Crippen LogP contribution in [-0.2, 0) is 6.42 Å². The second-order valence-corrected chi connectivity index (χ2v) is 6.64. The largest absolute Gasteiger partial charge is 0.274 e. The van der Waals surface area contributed by atoms with Crippen molar-refractivity contribution in [1.82, 2.24) is 0 Å². The summed E-state index contributed by atoms with van der Waals surface area (Å²) in [5, 5.41) is 11.5. The van der Waals surface area contributed by atoms with Gasteiger partial charge < -0.3 is 0 Å². The molecule has 0 aromatic heterocycles. The zero-order valence-electron chi connectivity index (χ0n) is 10.7. The first-order chi connectivity index (χ1) is 8.34. The second kappa shape index (κ2) is 6.53. The molecule has 2 atom stereocenters. The molecule has 1 rings (SSSR count). The fourth-order valence-corrected chi connectivity index (χ4v) is 3.13. The molecule has 0 amide bonds. The molecule has 0 saturated carbocycles. The molecule has 0 spiro atoms. The molecule has 0 heterocycles. The van der Waals surface area contributed by atoms with Gasteiger partial charge in [0.2, 0.25) is 0 Å². The Morgan fingerprint density at radius 1 is 1.39 bits per heavy atom. The fraction of sp³-hybridized carbons (Fsp3) is 0.538. The summed E-state index contributed by atoms with van der Waals surface area (Å²) in [7, 11) is 0. The molecule has 0 aliphatic rings. The highest BCUT2D eigenvalue weighted by atomic mass is 79.9. The van der Waals surface area contributed by atoms with E-state index in [1.54, 1.807) is 12.1 Å². The number of alkyl halides is 1. The van der Waals surface area contributed by atoms with Gasteiger partial charge in [-0.15, -0.1) is 0 Å². The van der Waals surface area contributed by atoms with Gasteiger partial charge in [-0.05, 0) is 24.3 Å². The Bertz CT molecular complexity index is 427. The van der Waals surface area contributed by atoms with Crippen LogP contribution in [0.3, 0.4) is 0 Å². The molecule has 0 N–H and O–H groups in total. The van der Waals surface area contributed by atoms with E-state index in [1.807, 2.05) is 0 Å². The molecular weight excluding hydrogens is 318 g/mol. The highest BCUT2D eigenvalue weighted by molar-refractivity contribution is 9.09. The quantitative estimate of drug-likeness (QED) is 0.439. The fourth-order valence-electron chi connectivity index (χ4n) is 2.08. The van der Waals surface area contributed by atoms with Crippen LogP contribution >= 0.6 is 27.5 Å². The predicted octanol–water partition coefficient (Wildman–Crippen LogP) is 4.85. The van der Waals surface area contributed by atoms with Crippen LogP contribution in [0.4, 0.5) is 5.69 Å². The number of hydrogen-bond acceptors (Lipinski definition) is 2. The number of hydrogen-bond donors (Lipinski definition) is 0. The molecule has 1 aromatic rings. The Morgan fingerprint density at radius 2 is 2.00 bits per heavy atom. The number of nitrogens with zero attached hydrogens (tertiary/aromatic N) is 1. The molecule has 1 aromatic carbocycles. The molecule has 2 unspecified atom stereocenters. The van der Waals surface area contributed by atoms with Gasteiger partial charge in [-0.25, -0.2) is 0 Å². The lowest BCUT2D eigenvalue weighted by molar-refractivity contribution is -0.385. The third-order valence-electron chi connectivity index (χ3n) is 3.18. The van der Waals surface area contributed by atoms with Gasteiger partial charge in [0.1, 0.15) is 0 Å². The van der Waals surface area contributed by atoms with E-state index in [0.29, 0.717) is 28.8 Å². The SMILES string of the molecule is CC(C)C(Cc1c(Cl)cccc1[N+](=O)[O-])C(C)Br. The van der Waals surface area contributed by atoms with Crippen LogP contribution in [0.5, 0.6) is 0 Å². The van der Waals surface area contributed by atoms with Crippen molar-refractivity contribution in [2.75, 3.05) is 0 Å². The summed E-state index contributed by atoms with van der Waals surface area (Å²) >= 11 is 9.68. The Morgan fingerprint density at radius 3 is 2.44 bits per heavy atom. The van der Waals surface area contributed by atoms with Crippen LogP contribution in [0.25, 0.3) is 0 Å². The molecule has 5 heteroatoms. The van der Waals surface area contributed by atoms with E-state index >= 15 is 0 Å². The van der Waals surface area contributed by atoms with Gasteiger partial charge in [0.15, 0.2) is 0 Å². The molecule has 0 bridgehead atoms. The van der Waals surface area contributed by atoms with Gasteiger partial charge in [-0.3, -0.25) is 10.1 Å². The number of halogens is 2. The molecular formula is C13H17BrClNO2. The van der Waals surface area contributed by atoms with Gasteiger partial charge in [-0.2, -0.15) is 0 Å². The van der Waals surface area contributed by atoms with E-state index in [2.05, 4.69) is 36.7 Å². The van der Waals surface area contributed by atoms with Crippen molar-refractivity contribution in [3.05, 3.63) is 38.9 Å². The maximum Gasteiger partial charge on any atom is 0.274 e. The molecule has 0 aliphatic heterocycles. The lowest BCUT2D eigenvalue weighted by Gasteiger charge is -2.23. The Hall–Kier alpha value is -0.610. The van der Waals surface area contributed by atoms with E-state index in [4.69, 9.17) is 11.6 Å². The number of nitro groups is 1. The topological polar surface area (TPSA) is 43.1 Å². The molecule has 100 valence electrons. The summed E-state index contributed by atoms with van der Waals surface area (Å²) in [6, 6.07) is 4.84. The maximum absolute atomic E-state index is 11.0. The Labute approximate surface area is 121 Å². The average molecular weight is 335 g/mol. The summed E-state index contributed by atoms with van der Waals surface area (Å²) in [6.07, 6.45) is 0.611. The van der Waals surface area contributed by atoms with Crippen LogP contribution in [0.2, 0.25) is 5.02 Å². The number of rotatable bonds is 5. The van der Waals surface area contributed by atoms with Gasteiger partial charge in [0, 0.05) is 16.5 Å². The van der Waals surface area contributed by atoms with Crippen molar-refractivity contribution in [2.45, 2.75) is 32.0 Å². The summed E-state index contributed by atoms with van der Waals surface area (Å²) < 4.78 is 0. The van der Waals surface area contributed by atoms with Gasteiger partial charge in [0.05, 0.1) is 9.95 Å². The minimum Gasteiger partial charge on any atom is -0.258 e. The molecule has 0 radical (unpaired) electrons. The van der Waals surface area contributed by atoms with Crippen LogP contribution in [0, 0.1) is 22.0 Å². The highest BCUT2D eigenvalue weighted by Crippen LogP contribution is 2.33. The van der Waals surface area contributed by atoms with E-state index in [9.17, 15) is 10.1 Å². The first-order valence-electron chi connectivity index (χ1n) is 5.90. The summed E-state index contributed by atoms with van der Waals surface area (Å²) in [5.74, 6) is 0.735. The predicted molar refractivity (Wildman–Crippen MR) is 78.5 cm³/mol. The third kappa shape index (κ3) is 3.69. The monoisotopic (exact) mass is 333 g/mol. The van der Waals surface area contributed by atoms with Crippen LogP contribution in [0.1, 0.15) is 26.3 Å². The summed E-state index contributed by atoms with van der Waals surface area (Å²) in [6.45, 7) is 6.30. The molecule has 0 saturated heterocycles. The van der Waals surface area contributed by atoms with Crippen molar-refractivity contribution < 1.29 is 4.92 Å². The average Bonchev–Trinajstić information content (AvgIpc) is 2.25. The van der Waals surface area contributed by atoms with Gasteiger partial charge in [-0.1, -0.05) is 54.4 Å². The summed E-state index contributed by atoms with van der Waals surface area (Å²) in [5.41, 5.74) is 0.746. The first kappa shape index (κ1) is 15.4.